The van der Waals surface area contributed by atoms with Gasteiger partial charge in [0, 0.05) is 23.5 Å². The zero-order valence-electron chi connectivity index (χ0n) is 13.1. The smallest absolute Gasteiger partial charge is 0.345 e. The van der Waals surface area contributed by atoms with Gasteiger partial charge in [0.1, 0.15) is 5.75 Å². The van der Waals surface area contributed by atoms with Crippen LogP contribution in [0.5, 0.6) is 5.75 Å². The van der Waals surface area contributed by atoms with Gasteiger partial charge < -0.3 is 9.30 Å². The minimum Gasteiger partial charge on any atom is -0.423 e. The summed E-state index contributed by atoms with van der Waals surface area (Å²) in [6.45, 7) is 4.24. The molecule has 0 radical (unpaired) electrons. The molecule has 0 saturated carbocycles. The van der Waals surface area contributed by atoms with Crippen LogP contribution in [0.4, 0.5) is 0 Å². The Bertz CT molecular complexity index is 941. The number of nitrogens with zero attached hydrogens (tertiary/aromatic N) is 1. The Balaban J connectivity index is 2.12. The van der Waals surface area contributed by atoms with Gasteiger partial charge in [-0.3, -0.25) is 4.79 Å². The number of carbonyl (C=O) groups excluding carboxylic acids is 1. The van der Waals surface area contributed by atoms with Crippen LogP contribution in [0, 0.1) is 6.92 Å². The van der Waals surface area contributed by atoms with Crippen LogP contribution < -0.4 is 10.3 Å². The summed E-state index contributed by atoms with van der Waals surface area (Å²) in [4.78, 5) is 25.0. The highest BCUT2D eigenvalue weighted by Crippen LogP contribution is 2.21. The molecule has 0 fully saturated rings. The van der Waals surface area contributed by atoms with E-state index in [2.05, 4.69) is 0 Å². The van der Waals surface area contributed by atoms with Crippen molar-refractivity contribution in [2.45, 2.75) is 20.4 Å². The largest absolute Gasteiger partial charge is 0.423 e. The molecule has 23 heavy (non-hydrogen) atoms. The highest BCUT2D eigenvalue weighted by molar-refractivity contribution is 6.04. The molecule has 0 aliphatic rings. The van der Waals surface area contributed by atoms with E-state index in [1.54, 1.807) is 30.5 Å². The van der Waals surface area contributed by atoms with Gasteiger partial charge in [-0.1, -0.05) is 36.4 Å². The lowest BCUT2D eigenvalue weighted by Gasteiger charge is -2.11. The number of carbonyl (C=O) groups is 1. The zero-order valence-corrected chi connectivity index (χ0v) is 13.1. The van der Waals surface area contributed by atoms with Gasteiger partial charge in [0.25, 0.3) is 5.56 Å². The first-order valence-electron chi connectivity index (χ1n) is 7.52. The molecule has 3 aromatic rings. The second-order valence-electron chi connectivity index (χ2n) is 5.33. The highest BCUT2D eigenvalue weighted by atomic mass is 16.5. The third-order valence-electron chi connectivity index (χ3n) is 3.85. The molecule has 1 heterocycles. The molecule has 116 valence electrons. The van der Waals surface area contributed by atoms with Crippen molar-refractivity contribution in [3.05, 3.63) is 76.2 Å². The first-order chi connectivity index (χ1) is 11.1. The number of aryl methyl sites for hydroxylation is 2. The number of rotatable bonds is 3. The highest BCUT2D eigenvalue weighted by Gasteiger charge is 2.16. The number of hydrogen-bond donors (Lipinski definition) is 0. The maximum Gasteiger partial charge on any atom is 0.345 e. The fourth-order valence-electron chi connectivity index (χ4n) is 2.57. The SMILES string of the molecule is CCn1cc(C(=O)Oc2ccccc2C)c2ccccc2c1=O. The lowest BCUT2D eigenvalue weighted by atomic mass is 10.1. The van der Waals surface area contributed by atoms with Crippen molar-refractivity contribution in [2.75, 3.05) is 0 Å². The summed E-state index contributed by atoms with van der Waals surface area (Å²) in [5.74, 6) is 0.0635. The summed E-state index contributed by atoms with van der Waals surface area (Å²) in [6.07, 6.45) is 1.57. The maximum atomic E-state index is 12.6. The van der Waals surface area contributed by atoms with Crippen LogP contribution in [0.25, 0.3) is 10.8 Å². The van der Waals surface area contributed by atoms with E-state index in [0.29, 0.717) is 28.6 Å². The minimum absolute atomic E-state index is 0.101. The summed E-state index contributed by atoms with van der Waals surface area (Å²) in [7, 11) is 0. The van der Waals surface area contributed by atoms with Gasteiger partial charge in [0.05, 0.1) is 5.56 Å². The Morgan fingerprint density at radius 3 is 2.39 bits per heavy atom. The van der Waals surface area contributed by atoms with Crippen molar-refractivity contribution in [3.8, 4) is 5.75 Å². The Morgan fingerprint density at radius 2 is 1.70 bits per heavy atom. The summed E-state index contributed by atoms with van der Waals surface area (Å²) < 4.78 is 7.05. The average Bonchev–Trinajstić information content (AvgIpc) is 2.57. The van der Waals surface area contributed by atoms with Crippen LogP contribution >= 0.6 is 0 Å². The quantitative estimate of drug-likeness (QED) is 0.549. The molecule has 4 nitrogen and oxygen atoms in total. The fourth-order valence-corrected chi connectivity index (χ4v) is 2.57. The number of hydrogen-bond acceptors (Lipinski definition) is 3. The van der Waals surface area contributed by atoms with Gasteiger partial charge >= 0.3 is 5.97 Å². The van der Waals surface area contributed by atoms with Crippen LogP contribution in [0.15, 0.2) is 59.5 Å². The number of esters is 1. The molecular weight excluding hydrogens is 290 g/mol. The fraction of sp³-hybridized carbons (Fsp3) is 0.158. The van der Waals surface area contributed by atoms with E-state index in [9.17, 15) is 9.59 Å². The third kappa shape index (κ3) is 2.75. The molecule has 2 aromatic carbocycles. The summed E-state index contributed by atoms with van der Waals surface area (Å²) >= 11 is 0. The number of benzene rings is 2. The van der Waals surface area contributed by atoms with Gasteiger partial charge in [-0.05, 0) is 31.5 Å². The molecule has 0 bridgehead atoms. The molecule has 0 saturated heterocycles. The number of para-hydroxylation sites is 1. The number of aromatic nitrogens is 1. The van der Waals surface area contributed by atoms with E-state index in [4.69, 9.17) is 4.74 Å². The zero-order chi connectivity index (χ0) is 16.4. The molecule has 0 atom stereocenters. The molecule has 3 rings (SSSR count). The molecule has 0 amide bonds. The van der Waals surface area contributed by atoms with Gasteiger partial charge in [0.2, 0.25) is 0 Å². The van der Waals surface area contributed by atoms with Crippen LogP contribution in [0.2, 0.25) is 0 Å². The third-order valence-corrected chi connectivity index (χ3v) is 3.85. The van der Waals surface area contributed by atoms with Crippen LogP contribution in [0.1, 0.15) is 22.8 Å². The predicted molar refractivity (Wildman–Crippen MR) is 90.0 cm³/mol. The number of fused-ring (bicyclic) bond motifs is 1. The second kappa shape index (κ2) is 6.08. The van der Waals surface area contributed by atoms with E-state index < -0.39 is 5.97 Å². The molecule has 4 heteroatoms. The number of pyridine rings is 1. The second-order valence-corrected chi connectivity index (χ2v) is 5.33. The standard InChI is InChI=1S/C19H17NO3/c1-3-20-12-16(14-9-5-6-10-15(14)18(20)21)19(22)23-17-11-7-4-8-13(17)2/h4-12H,3H2,1-2H3. The Kier molecular flexibility index (Phi) is 3.98. The van der Waals surface area contributed by atoms with E-state index in [1.807, 2.05) is 38.1 Å². The van der Waals surface area contributed by atoms with Crippen molar-refractivity contribution >= 4 is 16.7 Å². The Hall–Kier alpha value is -2.88. The van der Waals surface area contributed by atoms with Crippen LogP contribution in [-0.2, 0) is 6.54 Å². The first-order valence-corrected chi connectivity index (χ1v) is 7.52. The van der Waals surface area contributed by atoms with E-state index in [0.717, 1.165) is 5.56 Å². The summed E-state index contributed by atoms with van der Waals surface area (Å²) in [5, 5.41) is 1.13. The molecule has 0 spiro atoms. The van der Waals surface area contributed by atoms with Crippen LogP contribution in [-0.4, -0.2) is 10.5 Å². The predicted octanol–water partition coefficient (Wildman–Crippen LogP) is 3.55. The van der Waals surface area contributed by atoms with E-state index in [1.165, 1.54) is 4.57 Å². The van der Waals surface area contributed by atoms with Gasteiger partial charge in [-0.25, -0.2) is 4.79 Å². The number of ether oxygens (including phenoxy) is 1. The van der Waals surface area contributed by atoms with Crippen molar-refractivity contribution in [1.29, 1.82) is 0 Å². The van der Waals surface area contributed by atoms with Crippen molar-refractivity contribution in [3.63, 3.8) is 0 Å². The molecule has 0 unspecified atom stereocenters. The van der Waals surface area contributed by atoms with Gasteiger partial charge in [-0.2, -0.15) is 0 Å². The maximum absolute atomic E-state index is 12.6. The molecular formula is C19H17NO3. The van der Waals surface area contributed by atoms with Gasteiger partial charge in [-0.15, -0.1) is 0 Å². The summed E-state index contributed by atoms with van der Waals surface area (Å²) in [5.41, 5.74) is 1.18. The molecule has 1 aromatic heterocycles. The normalized spacial score (nSPS) is 10.7. The lowest BCUT2D eigenvalue weighted by Crippen LogP contribution is -2.22. The van der Waals surface area contributed by atoms with Crippen molar-refractivity contribution in [1.82, 2.24) is 4.57 Å². The molecule has 0 aliphatic heterocycles. The average molecular weight is 307 g/mol. The van der Waals surface area contributed by atoms with Crippen LogP contribution in [0.3, 0.4) is 0 Å². The Labute approximate surface area is 133 Å². The van der Waals surface area contributed by atoms with Gasteiger partial charge in [0.15, 0.2) is 0 Å². The Morgan fingerprint density at radius 1 is 1.04 bits per heavy atom. The summed E-state index contributed by atoms with van der Waals surface area (Å²) in [6, 6.07) is 14.4. The van der Waals surface area contributed by atoms with E-state index in [-0.39, 0.29) is 5.56 Å². The van der Waals surface area contributed by atoms with Crippen molar-refractivity contribution < 1.29 is 9.53 Å². The monoisotopic (exact) mass is 307 g/mol. The minimum atomic E-state index is -0.460. The molecule has 0 N–H and O–H groups in total. The van der Waals surface area contributed by atoms with Crippen molar-refractivity contribution in [2.24, 2.45) is 0 Å². The first kappa shape index (κ1) is 15.0. The molecule has 0 aliphatic carbocycles. The lowest BCUT2D eigenvalue weighted by molar-refractivity contribution is 0.0734. The van der Waals surface area contributed by atoms with E-state index >= 15 is 0 Å². The topological polar surface area (TPSA) is 48.3 Å².